The molecule has 2 N–H and O–H groups in total. The number of benzene rings is 3. The molecule has 7 nitrogen and oxygen atoms in total. The van der Waals surface area contributed by atoms with Gasteiger partial charge in [-0.3, -0.25) is 9.59 Å². The number of anilines is 3. The maximum Gasteiger partial charge on any atom is 0.255 e. The molecule has 194 valence electrons. The van der Waals surface area contributed by atoms with Crippen LogP contribution < -0.4 is 25.2 Å². The topological polar surface area (TPSA) is 73.9 Å². The molecule has 8 heteroatoms. The van der Waals surface area contributed by atoms with Gasteiger partial charge < -0.3 is 25.2 Å². The predicted octanol–water partition coefficient (Wildman–Crippen LogP) is 5.42. The number of amides is 2. The van der Waals surface area contributed by atoms with E-state index >= 15 is 0 Å². The van der Waals surface area contributed by atoms with Crippen LogP contribution in [0.5, 0.6) is 5.75 Å². The highest BCUT2D eigenvalue weighted by molar-refractivity contribution is 9.10. The molecule has 0 bridgehead atoms. The Kier molecular flexibility index (Phi) is 8.71. The van der Waals surface area contributed by atoms with E-state index in [1.54, 1.807) is 25.3 Å². The number of hydrogen-bond acceptors (Lipinski definition) is 5. The average Bonchev–Trinajstić information content (AvgIpc) is 2.91. The summed E-state index contributed by atoms with van der Waals surface area (Å²) in [6.07, 6.45) is 0. The molecule has 0 spiro atoms. The SMILES string of the molecule is COc1ccccc1N1CCN(c2ccc(NC(=O)c3cccc(Br)c3)cc2C(=O)NCC(C)C)CC1. The first-order chi connectivity index (χ1) is 17.9. The number of carbonyl (C=O) groups is 2. The number of nitrogens with one attached hydrogen (secondary N) is 2. The quantitative estimate of drug-likeness (QED) is 0.382. The molecule has 0 atom stereocenters. The maximum atomic E-state index is 13.3. The van der Waals surface area contributed by atoms with Gasteiger partial charge in [0.25, 0.3) is 11.8 Å². The monoisotopic (exact) mass is 564 g/mol. The molecule has 1 aliphatic heterocycles. The minimum atomic E-state index is -0.229. The molecule has 3 aromatic rings. The molecule has 0 aromatic heterocycles. The van der Waals surface area contributed by atoms with Gasteiger partial charge in [-0.15, -0.1) is 0 Å². The van der Waals surface area contributed by atoms with Crippen molar-refractivity contribution >= 4 is 44.8 Å². The lowest BCUT2D eigenvalue weighted by atomic mass is 10.1. The van der Waals surface area contributed by atoms with E-state index in [0.29, 0.717) is 29.3 Å². The van der Waals surface area contributed by atoms with E-state index in [4.69, 9.17) is 4.74 Å². The van der Waals surface area contributed by atoms with Gasteiger partial charge in [-0.25, -0.2) is 0 Å². The highest BCUT2D eigenvalue weighted by Crippen LogP contribution is 2.31. The van der Waals surface area contributed by atoms with Gasteiger partial charge in [0, 0.05) is 54.1 Å². The first kappa shape index (κ1) is 26.5. The lowest BCUT2D eigenvalue weighted by molar-refractivity contribution is 0.0948. The smallest absolute Gasteiger partial charge is 0.255 e. The molecule has 0 aliphatic carbocycles. The van der Waals surface area contributed by atoms with Crippen LogP contribution in [0.3, 0.4) is 0 Å². The fourth-order valence-electron chi connectivity index (χ4n) is 4.38. The zero-order valence-corrected chi connectivity index (χ0v) is 23.0. The molecule has 2 amide bonds. The molecule has 0 radical (unpaired) electrons. The van der Waals surface area contributed by atoms with Crippen molar-refractivity contribution in [1.82, 2.24) is 5.32 Å². The van der Waals surface area contributed by atoms with Crippen molar-refractivity contribution in [3.8, 4) is 5.75 Å². The van der Waals surface area contributed by atoms with E-state index in [1.807, 2.05) is 42.5 Å². The first-order valence-corrected chi connectivity index (χ1v) is 13.3. The number of nitrogens with zero attached hydrogens (tertiary/aromatic N) is 2. The van der Waals surface area contributed by atoms with Crippen LogP contribution in [0.4, 0.5) is 17.1 Å². The van der Waals surface area contributed by atoms with Crippen LogP contribution in [0.2, 0.25) is 0 Å². The van der Waals surface area contributed by atoms with E-state index in [0.717, 1.165) is 47.8 Å². The fourth-order valence-corrected chi connectivity index (χ4v) is 4.77. The molecule has 3 aromatic carbocycles. The minimum Gasteiger partial charge on any atom is -0.495 e. The molecular weight excluding hydrogens is 532 g/mol. The Labute approximate surface area is 226 Å². The number of carbonyl (C=O) groups excluding carboxylic acids is 2. The Balaban J connectivity index is 1.55. The second-order valence-electron chi connectivity index (χ2n) is 9.45. The van der Waals surface area contributed by atoms with E-state index in [9.17, 15) is 9.59 Å². The highest BCUT2D eigenvalue weighted by atomic mass is 79.9. The Morgan fingerprint density at radius 3 is 2.27 bits per heavy atom. The number of rotatable bonds is 8. The number of para-hydroxylation sites is 2. The van der Waals surface area contributed by atoms with E-state index in [-0.39, 0.29) is 11.8 Å². The number of ether oxygens (including phenoxy) is 1. The van der Waals surface area contributed by atoms with Crippen LogP contribution in [-0.2, 0) is 0 Å². The molecule has 1 aliphatic rings. The normalized spacial score (nSPS) is 13.4. The lowest BCUT2D eigenvalue weighted by Crippen LogP contribution is -2.47. The molecule has 4 rings (SSSR count). The number of methoxy groups -OCH3 is 1. The number of piperazine rings is 1. The second kappa shape index (κ2) is 12.1. The molecule has 0 unspecified atom stereocenters. The summed E-state index contributed by atoms with van der Waals surface area (Å²) in [7, 11) is 1.69. The van der Waals surface area contributed by atoms with Crippen molar-refractivity contribution in [1.29, 1.82) is 0 Å². The second-order valence-corrected chi connectivity index (χ2v) is 10.4. The van der Waals surface area contributed by atoms with Gasteiger partial charge in [0.05, 0.1) is 18.4 Å². The van der Waals surface area contributed by atoms with Gasteiger partial charge in [0.1, 0.15) is 5.75 Å². The van der Waals surface area contributed by atoms with E-state index in [1.165, 1.54) is 0 Å². The van der Waals surface area contributed by atoms with Gasteiger partial charge >= 0.3 is 0 Å². The molecular formula is C29H33BrN4O3. The largest absolute Gasteiger partial charge is 0.495 e. The molecule has 0 saturated carbocycles. The maximum absolute atomic E-state index is 13.3. The summed E-state index contributed by atoms with van der Waals surface area (Å²) >= 11 is 3.41. The lowest BCUT2D eigenvalue weighted by Gasteiger charge is -2.38. The third kappa shape index (κ3) is 6.63. The van der Waals surface area contributed by atoms with Crippen molar-refractivity contribution in [3.05, 3.63) is 82.3 Å². The summed E-state index contributed by atoms with van der Waals surface area (Å²) in [5.41, 5.74) is 3.61. The standard InChI is InChI=1S/C29H33BrN4O3/c1-20(2)19-31-29(36)24-18-23(32-28(35)21-7-6-8-22(30)17-21)11-12-25(24)33-13-15-34(16-14-33)26-9-4-5-10-27(26)37-3/h4-12,17-18,20H,13-16,19H2,1-3H3,(H,31,36)(H,32,35). The van der Waals surface area contributed by atoms with Crippen molar-refractivity contribution in [3.63, 3.8) is 0 Å². The Morgan fingerprint density at radius 2 is 1.59 bits per heavy atom. The Hall–Kier alpha value is -3.52. The van der Waals surface area contributed by atoms with Gasteiger partial charge in [-0.05, 0) is 54.4 Å². The fraction of sp³-hybridized carbons (Fsp3) is 0.310. The average molecular weight is 566 g/mol. The van der Waals surface area contributed by atoms with Gasteiger partial charge in [0.2, 0.25) is 0 Å². The van der Waals surface area contributed by atoms with Crippen molar-refractivity contribution in [2.75, 3.05) is 55.0 Å². The summed E-state index contributed by atoms with van der Waals surface area (Å²) < 4.78 is 6.37. The van der Waals surface area contributed by atoms with Crippen LogP contribution in [0.25, 0.3) is 0 Å². The number of hydrogen-bond donors (Lipinski definition) is 2. The van der Waals surface area contributed by atoms with Crippen LogP contribution in [0, 0.1) is 5.92 Å². The zero-order chi connectivity index (χ0) is 26.4. The van der Waals surface area contributed by atoms with Gasteiger partial charge in [0.15, 0.2) is 0 Å². The van der Waals surface area contributed by atoms with Crippen LogP contribution in [0.15, 0.2) is 71.2 Å². The molecule has 1 heterocycles. The van der Waals surface area contributed by atoms with Gasteiger partial charge in [-0.2, -0.15) is 0 Å². The Bertz CT molecular complexity index is 1260. The molecule has 37 heavy (non-hydrogen) atoms. The van der Waals surface area contributed by atoms with E-state index in [2.05, 4.69) is 56.3 Å². The van der Waals surface area contributed by atoms with Crippen molar-refractivity contribution in [2.45, 2.75) is 13.8 Å². The van der Waals surface area contributed by atoms with Crippen LogP contribution in [-0.4, -0.2) is 51.6 Å². The van der Waals surface area contributed by atoms with Crippen LogP contribution in [0.1, 0.15) is 34.6 Å². The van der Waals surface area contributed by atoms with Crippen molar-refractivity contribution in [2.24, 2.45) is 5.92 Å². The third-order valence-electron chi connectivity index (χ3n) is 6.30. The third-order valence-corrected chi connectivity index (χ3v) is 6.80. The molecule has 1 saturated heterocycles. The summed E-state index contributed by atoms with van der Waals surface area (Å²) in [6.45, 7) is 7.82. The molecule has 1 fully saturated rings. The number of halogens is 1. The van der Waals surface area contributed by atoms with Gasteiger partial charge in [-0.1, -0.05) is 48.0 Å². The summed E-state index contributed by atoms with van der Waals surface area (Å²) in [4.78, 5) is 30.6. The van der Waals surface area contributed by atoms with E-state index < -0.39 is 0 Å². The van der Waals surface area contributed by atoms with Crippen LogP contribution >= 0.6 is 15.9 Å². The summed E-state index contributed by atoms with van der Waals surface area (Å²) in [5, 5.41) is 5.97. The summed E-state index contributed by atoms with van der Waals surface area (Å²) in [5.74, 6) is 0.814. The zero-order valence-electron chi connectivity index (χ0n) is 21.5. The van der Waals surface area contributed by atoms with Crippen molar-refractivity contribution < 1.29 is 14.3 Å². The minimum absolute atomic E-state index is 0.144. The highest BCUT2D eigenvalue weighted by Gasteiger charge is 2.24. The summed E-state index contributed by atoms with van der Waals surface area (Å²) in [6, 6.07) is 20.8. The first-order valence-electron chi connectivity index (χ1n) is 12.5. The predicted molar refractivity (Wildman–Crippen MR) is 153 cm³/mol. The Morgan fingerprint density at radius 1 is 0.892 bits per heavy atom.